The number of hydrogen-bond donors (Lipinski definition) is 1. The minimum Gasteiger partial charge on any atom is -0.340 e. The van der Waals surface area contributed by atoms with Crippen LogP contribution in [0, 0.1) is 0 Å². The van der Waals surface area contributed by atoms with E-state index in [1.807, 2.05) is 22.4 Å². The number of hydrogen-bond acceptors (Lipinski definition) is 7. The first-order chi connectivity index (χ1) is 12.3. The fraction of sp³-hybridized carbons (Fsp3) is 0.588. The van der Waals surface area contributed by atoms with Crippen LogP contribution in [0.4, 0.5) is 0 Å². The lowest BCUT2D eigenvalue weighted by atomic mass is 10.1. The van der Waals surface area contributed by atoms with Crippen LogP contribution in [-0.2, 0) is 11.3 Å². The van der Waals surface area contributed by atoms with Crippen molar-refractivity contribution in [2.24, 2.45) is 0 Å². The number of aromatic nitrogens is 2. The third-order valence-corrected chi connectivity index (χ3v) is 5.74. The summed E-state index contributed by atoms with van der Waals surface area (Å²) in [6.45, 7) is 4.93. The smallest absolute Gasteiger partial charge is 0.241 e. The molecule has 1 atom stereocenters. The highest BCUT2D eigenvalue weighted by molar-refractivity contribution is 7.13. The van der Waals surface area contributed by atoms with Gasteiger partial charge in [-0.3, -0.25) is 9.69 Å². The van der Waals surface area contributed by atoms with Gasteiger partial charge in [-0.25, -0.2) is 0 Å². The molecular formula is C17H23N5O2S. The molecule has 2 aliphatic heterocycles. The molecule has 2 saturated heterocycles. The van der Waals surface area contributed by atoms with Crippen molar-refractivity contribution in [3.05, 3.63) is 23.4 Å². The number of nitrogens with zero attached hydrogens (tertiary/aromatic N) is 4. The van der Waals surface area contributed by atoms with Gasteiger partial charge in [-0.1, -0.05) is 11.2 Å². The van der Waals surface area contributed by atoms with Crippen LogP contribution in [0.15, 0.2) is 22.0 Å². The molecule has 0 bridgehead atoms. The second-order valence-corrected chi connectivity index (χ2v) is 7.59. The number of piperazine rings is 1. The molecule has 134 valence electrons. The highest BCUT2D eigenvalue weighted by Crippen LogP contribution is 2.21. The number of carbonyl (C=O) groups is 1. The molecular weight excluding hydrogens is 338 g/mol. The summed E-state index contributed by atoms with van der Waals surface area (Å²) in [7, 11) is 0. The van der Waals surface area contributed by atoms with Crippen LogP contribution in [0.2, 0.25) is 0 Å². The first kappa shape index (κ1) is 16.7. The van der Waals surface area contributed by atoms with Crippen LogP contribution >= 0.6 is 11.3 Å². The van der Waals surface area contributed by atoms with E-state index in [-0.39, 0.29) is 5.91 Å². The molecule has 2 aliphatic rings. The van der Waals surface area contributed by atoms with Crippen LogP contribution in [0.1, 0.15) is 25.2 Å². The number of amides is 1. The van der Waals surface area contributed by atoms with Gasteiger partial charge < -0.3 is 14.7 Å². The van der Waals surface area contributed by atoms with Gasteiger partial charge in [0.25, 0.3) is 0 Å². The standard InChI is InChI=1S/C17H23N5O2S/c23-16(11-13-3-1-5-18-13)22-8-6-21(7-9-22)12-15-19-17(20-24-15)14-4-2-10-25-14/h2,4,10,13,18H,1,3,5-9,11-12H2. The Morgan fingerprint density at radius 3 is 2.96 bits per heavy atom. The Kier molecular flexibility index (Phi) is 5.09. The van der Waals surface area contributed by atoms with Crippen molar-refractivity contribution in [1.82, 2.24) is 25.3 Å². The van der Waals surface area contributed by atoms with Crippen LogP contribution in [-0.4, -0.2) is 64.6 Å². The first-order valence-electron chi connectivity index (χ1n) is 8.88. The monoisotopic (exact) mass is 361 g/mol. The van der Waals surface area contributed by atoms with Crippen molar-refractivity contribution >= 4 is 17.2 Å². The van der Waals surface area contributed by atoms with E-state index in [1.165, 1.54) is 6.42 Å². The largest absolute Gasteiger partial charge is 0.340 e. The number of carbonyl (C=O) groups excluding carboxylic acids is 1. The van der Waals surface area contributed by atoms with Gasteiger partial charge >= 0.3 is 0 Å². The molecule has 0 radical (unpaired) electrons. The third kappa shape index (κ3) is 4.08. The molecule has 0 aliphatic carbocycles. The molecule has 0 saturated carbocycles. The summed E-state index contributed by atoms with van der Waals surface area (Å²) in [4.78, 5) is 22.1. The molecule has 4 rings (SSSR count). The van der Waals surface area contributed by atoms with Crippen molar-refractivity contribution in [2.75, 3.05) is 32.7 Å². The lowest BCUT2D eigenvalue weighted by Gasteiger charge is -2.34. The Morgan fingerprint density at radius 1 is 1.36 bits per heavy atom. The van der Waals surface area contributed by atoms with Gasteiger partial charge in [0.2, 0.25) is 17.6 Å². The maximum atomic E-state index is 12.4. The third-order valence-electron chi connectivity index (χ3n) is 4.88. The zero-order chi connectivity index (χ0) is 17.1. The van der Waals surface area contributed by atoms with Crippen molar-refractivity contribution in [3.8, 4) is 10.7 Å². The predicted molar refractivity (Wildman–Crippen MR) is 95.1 cm³/mol. The molecule has 8 heteroatoms. The van der Waals surface area contributed by atoms with Gasteiger partial charge in [-0.2, -0.15) is 4.98 Å². The maximum Gasteiger partial charge on any atom is 0.241 e. The normalized spacial score (nSPS) is 21.8. The van der Waals surface area contributed by atoms with Crippen molar-refractivity contribution < 1.29 is 9.32 Å². The average Bonchev–Trinajstić information content (AvgIpc) is 3.38. The zero-order valence-electron chi connectivity index (χ0n) is 14.2. The Labute approximate surface area is 151 Å². The summed E-state index contributed by atoms with van der Waals surface area (Å²) in [5.41, 5.74) is 0. The lowest BCUT2D eigenvalue weighted by molar-refractivity contribution is -0.133. The minimum absolute atomic E-state index is 0.275. The highest BCUT2D eigenvalue weighted by atomic mass is 32.1. The van der Waals surface area contributed by atoms with Gasteiger partial charge in [0.15, 0.2) is 0 Å². The van der Waals surface area contributed by atoms with Crippen LogP contribution in [0.3, 0.4) is 0 Å². The van der Waals surface area contributed by atoms with Gasteiger partial charge in [0, 0.05) is 38.6 Å². The van der Waals surface area contributed by atoms with Gasteiger partial charge in [-0.05, 0) is 30.8 Å². The SMILES string of the molecule is O=C(CC1CCCN1)N1CCN(Cc2nc(-c3cccs3)no2)CC1. The lowest BCUT2D eigenvalue weighted by Crippen LogP contribution is -2.49. The first-order valence-corrected chi connectivity index (χ1v) is 9.76. The van der Waals surface area contributed by atoms with E-state index in [1.54, 1.807) is 11.3 Å². The van der Waals surface area contributed by atoms with Gasteiger partial charge in [0.05, 0.1) is 11.4 Å². The second-order valence-electron chi connectivity index (χ2n) is 6.64. The molecule has 2 aromatic rings. The topological polar surface area (TPSA) is 74.5 Å². The van der Waals surface area contributed by atoms with E-state index in [4.69, 9.17) is 4.52 Å². The quantitative estimate of drug-likeness (QED) is 0.872. The van der Waals surface area contributed by atoms with Crippen LogP contribution in [0.25, 0.3) is 10.7 Å². The molecule has 1 unspecified atom stereocenters. The molecule has 4 heterocycles. The van der Waals surface area contributed by atoms with Gasteiger partial charge in [-0.15, -0.1) is 11.3 Å². The molecule has 1 amide bonds. The van der Waals surface area contributed by atoms with E-state index in [0.717, 1.165) is 44.0 Å². The molecule has 7 nitrogen and oxygen atoms in total. The van der Waals surface area contributed by atoms with E-state index < -0.39 is 0 Å². The zero-order valence-corrected chi connectivity index (χ0v) is 15.0. The van der Waals surface area contributed by atoms with Crippen LogP contribution in [0.5, 0.6) is 0 Å². The van der Waals surface area contributed by atoms with Crippen molar-refractivity contribution in [3.63, 3.8) is 0 Å². The van der Waals surface area contributed by atoms with Crippen LogP contribution < -0.4 is 5.32 Å². The Morgan fingerprint density at radius 2 is 2.24 bits per heavy atom. The van der Waals surface area contributed by atoms with E-state index in [9.17, 15) is 4.79 Å². The highest BCUT2D eigenvalue weighted by Gasteiger charge is 2.25. The van der Waals surface area contributed by atoms with E-state index in [0.29, 0.717) is 30.7 Å². The fourth-order valence-electron chi connectivity index (χ4n) is 3.44. The second kappa shape index (κ2) is 7.63. The number of thiophene rings is 1. The molecule has 1 N–H and O–H groups in total. The summed E-state index contributed by atoms with van der Waals surface area (Å²) in [5.74, 6) is 1.57. The predicted octanol–water partition coefficient (Wildman–Crippen LogP) is 1.58. The minimum atomic E-state index is 0.275. The Balaban J connectivity index is 1.25. The summed E-state index contributed by atoms with van der Waals surface area (Å²) in [6.07, 6.45) is 2.94. The van der Waals surface area contributed by atoms with E-state index in [2.05, 4.69) is 20.4 Å². The number of nitrogens with one attached hydrogen (secondary N) is 1. The summed E-state index contributed by atoms with van der Waals surface area (Å²) >= 11 is 1.60. The van der Waals surface area contributed by atoms with E-state index >= 15 is 0 Å². The van der Waals surface area contributed by atoms with Crippen molar-refractivity contribution in [1.29, 1.82) is 0 Å². The molecule has 0 aromatic carbocycles. The average molecular weight is 361 g/mol. The summed E-state index contributed by atoms with van der Waals surface area (Å²) in [5, 5.41) is 9.45. The maximum absolute atomic E-state index is 12.4. The fourth-order valence-corrected chi connectivity index (χ4v) is 4.09. The number of rotatable bonds is 5. The Bertz CT molecular complexity index is 688. The van der Waals surface area contributed by atoms with Gasteiger partial charge in [0.1, 0.15) is 0 Å². The molecule has 25 heavy (non-hydrogen) atoms. The molecule has 2 fully saturated rings. The summed E-state index contributed by atoms with van der Waals surface area (Å²) < 4.78 is 5.37. The van der Waals surface area contributed by atoms with Crippen molar-refractivity contribution in [2.45, 2.75) is 31.8 Å². The molecule has 2 aromatic heterocycles. The Hall–Kier alpha value is -1.77. The molecule has 0 spiro atoms. The summed E-state index contributed by atoms with van der Waals surface area (Å²) in [6, 6.07) is 4.34.